The Morgan fingerprint density at radius 3 is 2.65 bits per heavy atom. The lowest BCUT2D eigenvalue weighted by atomic mass is 10.1. The van der Waals surface area contributed by atoms with Crippen LogP contribution in [0.1, 0.15) is 11.1 Å². The Bertz CT molecular complexity index is 615. The summed E-state index contributed by atoms with van der Waals surface area (Å²) in [4.78, 5) is 0. The second-order valence-electron chi connectivity index (χ2n) is 4.51. The van der Waals surface area contributed by atoms with Gasteiger partial charge in [-0.3, -0.25) is 0 Å². The number of benzene rings is 2. The minimum atomic E-state index is 0.517. The van der Waals surface area contributed by atoms with E-state index in [1.54, 1.807) is 12.1 Å². The van der Waals surface area contributed by atoms with Gasteiger partial charge in [-0.2, -0.15) is 5.26 Å². The maximum absolute atomic E-state index is 9.07. The van der Waals surface area contributed by atoms with Gasteiger partial charge in [0.05, 0.1) is 11.3 Å². The highest BCUT2D eigenvalue weighted by Gasteiger charge is 2.01. The van der Waals surface area contributed by atoms with Crippen molar-refractivity contribution in [1.82, 2.24) is 0 Å². The Morgan fingerprint density at radius 2 is 1.95 bits per heavy atom. The fourth-order valence-electron chi connectivity index (χ4n) is 1.82. The summed E-state index contributed by atoms with van der Waals surface area (Å²) in [5.74, 6) is 0.783. The molecule has 20 heavy (non-hydrogen) atoms. The third kappa shape index (κ3) is 3.66. The van der Waals surface area contributed by atoms with E-state index in [0.29, 0.717) is 24.4 Å². The average molecular weight is 267 g/mol. The highest BCUT2D eigenvalue weighted by molar-refractivity contribution is 5.58. The molecule has 0 spiro atoms. The van der Waals surface area contributed by atoms with Gasteiger partial charge in [-0.1, -0.05) is 6.07 Å². The van der Waals surface area contributed by atoms with Gasteiger partial charge in [0.1, 0.15) is 18.4 Å². The molecule has 3 N–H and O–H groups in total. The van der Waals surface area contributed by atoms with E-state index in [2.05, 4.69) is 11.4 Å². The SMILES string of the molecule is Cc1ccc(NCCOc2ccc(N)cc2)c(C#N)c1. The minimum Gasteiger partial charge on any atom is -0.492 e. The molecule has 0 unspecified atom stereocenters. The lowest BCUT2D eigenvalue weighted by Crippen LogP contribution is -2.12. The molecule has 0 aliphatic rings. The summed E-state index contributed by atoms with van der Waals surface area (Å²) < 4.78 is 5.58. The van der Waals surface area contributed by atoms with E-state index in [1.807, 2.05) is 37.3 Å². The van der Waals surface area contributed by atoms with Crippen molar-refractivity contribution in [2.45, 2.75) is 6.92 Å². The van der Waals surface area contributed by atoms with Gasteiger partial charge in [0.15, 0.2) is 0 Å². The van der Waals surface area contributed by atoms with E-state index in [-0.39, 0.29) is 0 Å². The Labute approximate surface area is 118 Å². The zero-order valence-electron chi connectivity index (χ0n) is 11.4. The molecule has 0 heterocycles. The summed E-state index contributed by atoms with van der Waals surface area (Å²) in [6.45, 7) is 3.11. The molecule has 4 nitrogen and oxygen atoms in total. The summed E-state index contributed by atoms with van der Waals surface area (Å²) >= 11 is 0. The molecular formula is C16H17N3O. The van der Waals surface area contributed by atoms with Crippen molar-refractivity contribution in [2.24, 2.45) is 0 Å². The van der Waals surface area contributed by atoms with Crippen molar-refractivity contribution in [1.29, 1.82) is 5.26 Å². The highest BCUT2D eigenvalue weighted by atomic mass is 16.5. The summed E-state index contributed by atoms with van der Waals surface area (Å²) in [7, 11) is 0. The summed E-state index contributed by atoms with van der Waals surface area (Å²) in [6, 6.07) is 15.2. The van der Waals surface area contributed by atoms with E-state index in [4.69, 9.17) is 15.7 Å². The van der Waals surface area contributed by atoms with E-state index in [9.17, 15) is 0 Å². The van der Waals surface area contributed by atoms with Crippen molar-refractivity contribution >= 4 is 11.4 Å². The Balaban J connectivity index is 1.84. The molecule has 0 saturated carbocycles. The molecule has 0 bridgehead atoms. The van der Waals surface area contributed by atoms with Gasteiger partial charge >= 0.3 is 0 Å². The number of ether oxygens (including phenoxy) is 1. The second kappa shape index (κ2) is 6.48. The predicted molar refractivity (Wildman–Crippen MR) is 80.7 cm³/mol. The van der Waals surface area contributed by atoms with Crippen LogP contribution in [0.5, 0.6) is 5.75 Å². The number of hydrogen-bond donors (Lipinski definition) is 2. The third-order valence-electron chi connectivity index (χ3n) is 2.86. The van der Waals surface area contributed by atoms with Gasteiger partial charge < -0.3 is 15.8 Å². The molecule has 102 valence electrons. The number of rotatable bonds is 5. The van der Waals surface area contributed by atoms with Crippen LogP contribution in [0.3, 0.4) is 0 Å². The molecule has 0 atom stereocenters. The molecule has 0 fully saturated rings. The van der Waals surface area contributed by atoms with E-state index >= 15 is 0 Å². The first-order valence-electron chi connectivity index (χ1n) is 6.42. The molecule has 0 saturated heterocycles. The van der Waals surface area contributed by atoms with Crippen LogP contribution < -0.4 is 15.8 Å². The van der Waals surface area contributed by atoms with E-state index in [0.717, 1.165) is 17.0 Å². The number of anilines is 2. The number of nitrogens with one attached hydrogen (secondary N) is 1. The maximum Gasteiger partial charge on any atom is 0.119 e. The van der Waals surface area contributed by atoms with Gasteiger partial charge in [-0.25, -0.2) is 0 Å². The van der Waals surface area contributed by atoms with Crippen LogP contribution in [-0.2, 0) is 0 Å². The molecule has 2 aromatic rings. The molecule has 0 aliphatic heterocycles. The first-order valence-corrected chi connectivity index (χ1v) is 6.42. The highest BCUT2D eigenvalue weighted by Crippen LogP contribution is 2.16. The number of nitrogens with two attached hydrogens (primary N) is 1. The monoisotopic (exact) mass is 267 g/mol. The van der Waals surface area contributed by atoms with Gasteiger partial charge in [-0.15, -0.1) is 0 Å². The zero-order valence-corrected chi connectivity index (χ0v) is 11.4. The summed E-state index contributed by atoms with van der Waals surface area (Å²) in [5, 5.41) is 12.3. The fraction of sp³-hybridized carbons (Fsp3) is 0.188. The molecule has 0 amide bonds. The van der Waals surface area contributed by atoms with E-state index in [1.165, 1.54) is 0 Å². The quantitative estimate of drug-likeness (QED) is 0.645. The van der Waals surface area contributed by atoms with Gasteiger partial charge in [0, 0.05) is 12.2 Å². The third-order valence-corrected chi connectivity index (χ3v) is 2.86. The van der Waals surface area contributed by atoms with Crippen molar-refractivity contribution in [3.05, 3.63) is 53.6 Å². The van der Waals surface area contributed by atoms with Crippen LogP contribution in [0.4, 0.5) is 11.4 Å². The number of nitrogens with zero attached hydrogens (tertiary/aromatic N) is 1. The molecule has 4 heteroatoms. The normalized spacial score (nSPS) is 9.80. The standard InChI is InChI=1S/C16H17N3O/c1-12-2-7-16(13(10-12)11-17)19-8-9-20-15-5-3-14(18)4-6-15/h2-7,10,19H,8-9,18H2,1H3. The summed E-state index contributed by atoms with van der Waals surface area (Å²) in [5.41, 5.74) is 8.88. The smallest absolute Gasteiger partial charge is 0.119 e. The molecule has 2 rings (SSSR count). The van der Waals surface area contributed by atoms with Crippen molar-refractivity contribution in [3.63, 3.8) is 0 Å². The summed E-state index contributed by atoms with van der Waals surface area (Å²) in [6.07, 6.45) is 0. The topological polar surface area (TPSA) is 71.1 Å². The second-order valence-corrected chi connectivity index (χ2v) is 4.51. The van der Waals surface area contributed by atoms with Crippen molar-refractivity contribution in [3.8, 4) is 11.8 Å². The van der Waals surface area contributed by atoms with Gasteiger partial charge in [-0.05, 0) is 48.9 Å². The molecular weight excluding hydrogens is 250 g/mol. The van der Waals surface area contributed by atoms with Crippen LogP contribution in [0.15, 0.2) is 42.5 Å². The lowest BCUT2D eigenvalue weighted by molar-refractivity contribution is 0.333. The molecule has 0 aromatic heterocycles. The fourth-order valence-corrected chi connectivity index (χ4v) is 1.82. The molecule has 0 aliphatic carbocycles. The average Bonchev–Trinajstić information content (AvgIpc) is 2.46. The minimum absolute atomic E-state index is 0.517. The Kier molecular flexibility index (Phi) is 4.46. The first-order chi connectivity index (χ1) is 9.69. The maximum atomic E-state index is 9.07. The zero-order chi connectivity index (χ0) is 14.4. The van der Waals surface area contributed by atoms with Crippen molar-refractivity contribution in [2.75, 3.05) is 24.2 Å². The molecule has 0 radical (unpaired) electrons. The van der Waals surface area contributed by atoms with Crippen LogP contribution in [0.2, 0.25) is 0 Å². The number of nitrogen functional groups attached to an aromatic ring is 1. The van der Waals surface area contributed by atoms with Crippen molar-refractivity contribution < 1.29 is 4.74 Å². The lowest BCUT2D eigenvalue weighted by Gasteiger charge is -2.10. The van der Waals surface area contributed by atoms with Crippen LogP contribution in [-0.4, -0.2) is 13.2 Å². The predicted octanol–water partition coefficient (Wildman–Crippen LogP) is 2.94. The van der Waals surface area contributed by atoms with E-state index < -0.39 is 0 Å². The van der Waals surface area contributed by atoms with Crippen LogP contribution in [0.25, 0.3) is 0 Å². The Morgan fingerprint density at radius 1 is 1.20 bits per heavy atom. The van der Waals surface area contributed by atoms with Crippen LogP contribution >= 0.6 is 0 Å². The van der Waals surface area contributed by atoms with Crippen LogP contribution in [0, 0.1) is 18.3 Å². The first kappa shape index (κ1) is 13.8. The molecule has 2 aromatic carbocycles. The number of nitriles is 1. The largest absolute Gasteiger partial charge is 0.492 e. The van der Waals surface area contributed by atoms with Gasteiger partial charge in [0.25, 0.3) is 0 Å². The number of hydrogen-bond acceptors (Lipinski definition) is 4. The Hall–Kier alpha value is -2.67. The van der Waals surface area contributed by atoms with Gasteiger partial charge in [0.2, 0.25) is 0 Å². The number of aryl methyl sites for hydroxylation is 1.